The highest BCUT2D eigenvalue weighted by molar-refractivity contribution is 7.09. The lowest BCUT2D eigenvalue weighted by atomic mass is 10.1. The van der Waals surface area contributed by atoms with Crippen LogP contribution in [0.15, 0.2) is 29.6 Å². The van der Waals surface area contributed by atoms with Crippen molar-refractivity contribution in [2.24, 2.45) is 0 Å². The topological polar surface area (TPSA) is 36.7 Å². The van der Waals surface area contributed by atoms with Gasteiger partial charge in [0.15, 0.2) is 0 Å². The van der Waals surface area contributed by atoms with Crippen molar-refractivity contribution in [2.45, 2.75) is 26.2 Å². The van der Waals surface area contributed by atoms with Gasteiger partial charge >= 0.3 is 0 Å². The van der Waals surface area contributed by atoms with Gasteiger partial charge in [0, 0.05) is 23.8 Å². The van der Waals surface area contributed by atoms with E-state index in [1.54, 1.807) is 11.3 Å². The second-order valence-corrected chi connectivity index (χ2v) is 4.78. The molecule has 86 valence electrons. The Morgan fingerprint density at radius 1 is 1.29 bits per heavy atom. The van der Waals surface area contributed by atoms with Crippen molar-refractivity contribution >= 4 is 11.3 Å². The van der Waals surface area contributed by atoms with Crippen molar-refractivity contribution < 1.29 is 0 Å². The smallest absolute Gasteiger partial charge is 0.0942 e. The molecule has 1 aromatic heterocycles. The Kier molecular flexibility index (Phi) is 3.89. The van der Waals surface area contributed by atoms with Crippen LogP contribution in [-0.4, -0.2) is 4.98 Å². The minimum Gasteiger partial charge on any atom is -0.241 e. The summed E-state index contributed by atoms with van der Waals surface area (Å²) in [6.45, 7) is 2.15. The molecule has 0 unspecified atom stereocenters. The maximum atomic E-state index is 8.54. The summed E-state index contributed by atoms with van der Waals surface area (Å²) in [5.74, 6) is 0. The van der Waals surface area contributed by atoms with Gasteiger partial charge in [-0.1, -0.05) is 31.2 Å². The van der Waals surface area contributed by atoms with E-state index in [-0.39, 0.29) is 0 Å². The summed E-state index contributed by atoms with van der Waals surface area (Å²) in [6, 6.07) is 10.7. The summed E-state index contributed by atoms with van der Waals surface area (Å²) in [5, 5.41) is 11.6. The Morgan fingerprint density at radius 3 is 2.71 bits per heavy atom. The highest BCUT2D eigenvalue weighted by atomic mass is 32.1. The first-order valence-corrected chi connectivity index (χ1v) is 6.62. The summed E-state index contributed by atoms with van der Waals surface area (Å²) in [4.78, 5) is 4.54. The molecule has 0 radical (unpaired) electrons. The van der Waals surface area contributed by atoms with E-state index in [0.717, 1.165) is 29.1 Å². The SMILES string of the molecule is CCc1ccc(-c2csc(CCC#N)n2)cc1. The van der Waals surface area contributed by atoms with Gasteiger partial charge in [-0.15, -0.1) is 11.3 Å². The molecule has 1 aromatic carbocycles. The second-order valence-electron chi connectivity index (χ2n) is 3.84. The lowest BCUT2D eigenvalue weighted by molar-refractivity contribution is 0.990. The third kappa shape index (κ3) is 2.92. The molecule has 2 aromatic rings. The molecule has 0 saturated carbocycles. The Bertz CT molecular complexity index is 520. The highest BCUT2D eigenvalue weighted by Crippen LogP contribution is 2.23. The van der Waals surface area contributed by atoms with Crippen LogP contribution in [-0.2, 0) is 12.8 Å². The zero-order valence-electron chi connectivity index (χ0n) is 9.81. The summed E-state index contributed by atoms with van der Waals surface area (Å²) < 4.78 is 0. The van der Waals surface area contributed by atoms with Crippen molar-refractivity contribution in [3.8, 4) is 17.3 Å². The van der Waals surface area contributed by atoms with Crippen molar-refractivity contribution in [1.29, 1.82) is 5.26 Å². The molecule has 0 spiro atoms. The normalized spacial score (nSPS) is 10.1. The fraction of sp³-hybridized carbons (Fsp3) is 0.286. The summed E-state index contributed by atoms with van der Waals surface area (Å²) >= 11 is 1.63. The average molecular weight is 242 g/mol. The van der Waals surface area contributed by atoms with Crippen LogP contribution < -0.4 is 0 Å². The average Bonchev–Trinajstić information content (AvgIpc) is 2.85. The Hall–Kier alpha value is -1.66. The van der Waals surface area contributed by atoms with E-state index < -0.39 is 0 Å². The number of nitriles is 1. The number of nitrogens with zero attached hydrogens (tertiary/aromatic N) is 2. The molecule has 0 atom stereocenters. The van der Waals surface area contributed by atoms with Crippen LogP contribution in [0.4, 0.5) is 0 Å². The first-order chi connectivity index (χ1) is 8.33. The molecular weight excluding hydrogens is 228 g/mol. The quantitative estimate of drug-likeness (QED) is 0.817. The highest BCUT2D eigenvalue weighted by Gasteiger charge is 2.04. The van der Waals surface area contributed by atoms with Gasteiger partial charge in [-0.3, -0.25) is 0 Å². The first-order valence-electron chi connectivity index (χ1n) is 5.74. The van der Waals surface area contributed by atoms with Crippen LogP contribution in [0.2, 0.25) is 0 Å². The lowest BCUT2D eigenvalue weighted by Crippen LogP contribution is -1.84. The monoisotopic (exact) mass is 242 g/mol. The molecule has 0 fully saturated rings. The molecule has 2 nitrogen and oxygen atoms in total. The van der Waals surface area contributed by atoms with Crippen LogP contribution in [0.3, 0.4) is 0 Å². The van der Waals surface area contributed by atoms with Gasteiger partial charge in [-0.05, 0) is 12.0 Å². The van der Waals surface area contributed by atoms with Crippen LogP contribution in [0, 0.1) is 11.3 Å². The van der Waals surface area contributed by atoms with Gasteiger partial charge in [0.2, 0.25) is 0 Å². The van der Waals surface area contributed by atoms with Crippen molar-refractivity contribution in [3.63, 3.8) is 0 Å². The maximum Gasteiger partial charge on any atom is 0.0942 e. The predicted molar refractivity (Wildman–Crippen MR) is 70.9 cm³/mol. The zero-order chi connectivity index (χ0) is 12.1. The molecule has 0 amide bonds. The number of thiazole rings is 1. The van der Waals surface area contributed by atoms with Crippen LogP contribution >= 0.6 is 11.3 Å². The molecule has 17 heavy (non-hydrogen) atoms. The van der Waals surface area contributed by atoms with E-state index in [1.165, 1.54) is 5.56 Å². The number of hydrogen-bond acceptors (Lipinski definition) is 3. The third-order valence-electron chi connectivity index (χ3n) is 2.66. The summed E-state index contributed by atoms with van der Waals surface area (Å²) in [6.07, 6.45) is 2.36. The van der Waals surface area contributed by atoms with E-state index in [4.69, 9.17) is 5.26 Å². The van der Waals surface area contributed by atoms with E-state index >= 15 is 0 Å². The molecule has 3 heteroatoms. The number of hydrogen-bond donors (Lipinski definition) is 0. The standard InChI is InChI=1S/C14H14N2S/c1-2-11-5-7-12(8-6-11)13-10-17-14(16-13)4-3-9-15/h5-8,10H,2-4H2,1H3. The number of aryl methyl sites for hydroxylation is 2. The molecule has 0 saturated heterocycles. The minimum atomic E-state index is 0.543. The predicted octanol–water partition coefficient (Wildman–Crippen LogP) is 3.83. The largest absolute Gasteiger partial charge is 0.241 e. The molecule has 2 rings (SSSR count). The van der Waals surface area contributed by atoms with Gasteiger partial charge in [-0.25, -0.2) is 4.98 Å². The molecular formula is C14H14N2S. The van der Waals surface area contributed by atoms with Gasteiger partial charge in [0.05, 0.1) is 16.8 Å². The lowest BCUT2D eigenvalue weighted by Gasteiger charge is -1.99. The Labute approximate surface area is 106 Å². The van der Waals surface area contributed by atoms with Crippen LogP contribution in [0.5, 0.6) is 0 Å². The Morgan fingerprint density at radius 2 is 2.06 bits per heavy atom. The summed E-state index contributed by atoms with van der Waals surface area (Å²) in [7, 11) is 0. The minimum absolute atomic E-state index is 0.543. The third-order valence-corrected chi connectivity index (χ3v) is 3.57. The van der Waals surface area contributed by atoms with Crippen LogP contribution in [0.1, 0.15) is 23.9 Å². The van der Waals surface area contributed by atoms with Crippen molar-refractivity contribution in [3.05, 3.63) is 40.2 Å². The molecule has 0 aliphatic carbocycles. The fourth-order valence-corrected chi connectivity index (χ4v) is 2.44. The zero-order valence-corrected chi connectivity index (χ0v) is 10.6. The van der Waals surface area contributed by atoms with Crippen molar-refractivity contribution in [2.75, 3.05) is 0 Å². The van der Waals surface area contributed by atoms with Gasteiger partial charge in [0.25, 0.3) is 0 Å². The number of aromatic nitrogens is 1. The number of benzene rings is 1. The second kappa shape index (κ2) is 5.60. The fourth-order valence-electron chi connectivity index (χ4n) is 1.63. The molecule has 1 heterocycles. The first kappa shape index (κ1) is 11.8. The van der Waals surface area contributed by atoms with Gasteiger partial charge < -0.3 is 0 Å². The Balaban J connectivity index is 2.16. The molecule has 0 aliphatic heterocycles. The maximum absolute atomic E-state index is 8.54. The van der Waals surface area contributed by atoms with E-state index in [1.807, 2.05) is 0 Å². The summed E-state index contributed by atoms with van der Waals surface area (Å²) in [5.41, 5.74) is 3.51. The van der Waals surface area contributed by atoms with E-state index in [0.29, 0.717) is 6.42 Å². The van der Waals surface area contributed by atoms with E-state index in [9.17, 15) is 0 Å². The molecule has 0 bridgehead atoms. The molecule has 0 aliphatic rings. The van der Waals surface area contributed by atoms with Gasteiger partial charge in [-0.2, -0.15) is 5.26 Å². The van der Waals surface area contributed by atoms with Gasteiger partial charge in [0.1, 0.15) is 0 Å². The van der Waals surface area contributed by atoms with Crippen LogP contribution in [0.25, 0.3) is 11.3 Å². The molecule has 0 N–H and O–H groups in total. The number of rotatable bonds is 4. The van der Waals surface area contributed by atoms with E-state index in [2.05, 4.69) is 47.6 Å². The van der Waals surface area contributed by atoms with Crippen molar-refractivity contribution in [1.82, 2.24) is 4.98 Å².